The monoisotopic (exact) mass is 251 g/mol. The molecular formula is C17H17NO. The lowest BCUT2D eigenvalue weighted by Crippen LogP contribution is -2.30. The Morgan fingerprint density at radius 3 is 2.26 bits per heavy atom. The molecule has 2 aromatic carbocycles. The molecule has 2 atom stereocenters. The summed E-state index contributed by atoms with van der Waals surface area (Å²) in [7, 11) is 0. The van der Waals surface area contributed by atoms with Gasteiger partial charge >= 0.3 is 0 Å². The lowest BCUT2D eigenvalue weighted by molar-refractivity contribution is -0.119. The molecule has 0 radical (unpaired) electrons. The van der Waals surface area contributed by atoms with Gasteiger partial charge in [0.1, 0.15) is 0 Å². The highest BCUT2D eigenvalue weighted by Crippen LogP contribution is 2.30. The van der Waals surface area contributed by atoms with Crippen LogP contribution in [0.1, 0.15) is 23.5 Å². The van der Waals surface area contributed by atoms with E-state index in [-0.39, 0.29) is 17.9 Å². The fourth-order valence-corrected chi connectivity index (χ4v) is 2.82. The number of carbonyl (C=O) groups is 1. The SMILES string of the molecule is O=C1C[C@H](c2ccccc2)[C@@H](Cc2ccccc2)N1. The molecule has 1 amide bonds. The van der Waals surface area contributed by atoms with Crippen molar-refractivity contribution in [2.24, 2.45) is 0 Å². The highest BCUT2D eigenvalue weighted by Gasteiger charge is 2.33. The molecule has 2 heteroatoms. The van der Waals surface area contributed by atoms with Gasteiger partial charge < -0.3 is 5.32 Å². The first-order valence-electron chi connectivity index (χ1n) is 6.71. The number of benzene rings is 2. The first-order chi connectivity index (χ1) is 9.33. The zero-order valence-corrected chi connectivity index (χ0v) is 10.8. The average Bonchev–Trinajstić information content (AvgIpc) is 2.82. The topological polar surface area (TPSA) is 29.1 Å². The van der Waals surface area contributed by atoms with E-state index in [1.807, 2.05) is 36.4 Å². The minimum Gasteiger partial charge on any atom is -0.352 e. The summed E-state index contributed by atoms with van der Waals surface area (Å²) < 4.78 is 0. The first-order valence-corrected chi connectivity index (χ1v) is 6.71. The van der Waals surface area contributed by atoms with E-state index in [0.29, 0.717) is 6.42 Å². The van der Waals surface area contributed by atoms with Crippen molar-refractivity contribution in [3.05, 3.63) is 71.8 Å². The second-order valence-electron chi connectivity index (χ2n) is 5.09. The Hall–Kier alpha value is -2.09. The van der Waals surface area contributed by atoms with E-state index in [2.05, 4.69) is 29.6 Å². The minimum atomic E-state index is 0.162. The Kier molecular flexibility index (Phi) is 3.32. The van der Waals surface area contributed by atoms with Gasteiger partial charge in [-0.1, -0.05) is 60.7 Å². The van der Waals surface area contributed by atoms with Crippen molar-refractivity contribution in [2.45, 2.75) is 24.8 Å². The van der Waals surface area contributed by atoms with Crippen LogP contribution in [0.2, 0.25) is 0 Å². The fraction of sp³-hybridized carbons (Fsp3) is 0.235. The predicted octanol–water partition coefficient (Wildman–Crippen LogP) is 2.90. The van der Waals surface area contributed by atoms with Crippen LogP contribution in [0.25, 0.3) is 0 Å². The van der Waals surface area contributed by atoms with Crippen LogP contribution in [-0.4, -0.2) is 11.9 Å². The van der Waals surface area contributed by atoms with E-state index in [1.165, 1.54) is 11.1 Å². The molecule has 0 aromatic heterocycles. The van der Waals surface area contributed by atoms with E-state index in [4.69, 9.17) is 0 Å². The van der Waals surface area contributed by atoms with Crippen LogP contribution >= 0.6 is 0 Å². The fourth-order valence-electron chi connectivity index (χ4n) is 2.82. The molecule has 2 aromatic rings. The van der Waals surface area contributed by atoms with Crippen LogP contribution in [-0.2, 0) is 11.2 Å². The van der Waals surface area contributed by atoms with Crippen molar-refractivity contribution in [1.29, 1.82) is 0 Å². The number of amides is 1. The summed E-state index contributed by atoms with van der Waals surface area (Å²) >= 11 is 0. The van der Waals surface area contributed by atoms with E-state index in [9.17, 15) is 4.79 Å². The third kappa shape index (κ3) is 2.68. The molecule has 1 aliphatic rings. The Morgan fingerprint density at radius 1 is 0.947 bits per heavy atom. The van der Waals surface area contributed by atoms with Gasteiger partial charge in [0, 0.05) is 18.4 Å². The Bertz CT molecular complexity index is 550. The van der Waals surface area contributed by atoms with Crippen molar-refractivity contribution in [3.8, 4) is 0 Å². The Labute approximate surface area is 113 Å². The molecule has 0 unspecified atom stereocenters. The number of rotatable bonds is 3. The second-order valence-corrected chi connectivity index (χ2v) is 5.09. The third-order valence-corrected chi connectivity index (χ3v) is 3.76. The first kappa shape index (κ1) is 12.0. The van der Waals surface area contributed by atoms with E-state index in [0.717, 1.165) is 6.42 Å². The smallest absolute Gasteiger partial charge is 0.220 e. The number of hydrogen-bond donors (Lipinski definition) is 1. The Balaban J connectivity index is 1.81. The second kappa shape index (κ2) is 5.27. The minimum absolute atomic E-state index is 0.162. The van der Waals surface area contributed by atoms with Gasteiger partial charge in [0.25, 0.3) is 0 Å². The highest BCUT2D eigenvalue weighted by atomic mass is 16.2. The molecule has 0 aliphatic carbocycles. The van der Waals surface area contributed by atoms with E-state index in [1.54, 1.807) is 0 Å². The standard InChI is InChI=1S/C17H17NO/c19-17-12-15(14-9-5-2-6-10-14)16(18-17)11-13-7-3-1-4-8-13/h1-10,15-16H,11-12H2,(H,18,19)/t15-,16-/m1/s1. The van der Waals surface area contributed by atoms with Gasteiger partial charge in [0.05, 0.1) is 0 Å². The summed E-state index contributed by atoms with van der Waals surface area (Å²) in [5.41, 5.74) is 2.53. The van der Waals surface area contributed by atoms with Crippen LogP contribution in [0.4, 0.5) is 0 Å². The zero-order valence-electron chi connectivity index (χ0n) is 10.8. The summed E-state index contributed by atoms with van der Waals surface area (Å²) in [5.74, 6) is 0.448. The van der Waals surface area contributed by atoms with Crippen LogP contribution in [0, 0.1) is 0 Å². The van der Waals surface area contributed by atoms with Gasteiger partial charge in [-0.2, -0.15) is 0 Å². The molecule has 0 spiro atoms. The average molecular weight is 251 g/mol. The van der Waals surface area contributed by atoms with Crippen molar-refractivity contribution in [2.75, 3.05) is 0 Å². The van der Waals surface area contributed by atoms with Gasteiger partial charge in [-0.3, -0.25) is 4.79 Å². The molecule has 1 fully saturated rings. The molecule has 0 saturated carbocycles. The molecule has 1 N–H and O–H groups in total. The number of nitrogens with one attached hydrogen (secondary N) is 1. The molecule has 2 nitrogen and oxygen atoms in total. The summed E-state index contributed by atoms with van der Waals surface area (Å²) in [6.07, 6.45) is 1.49. The summed E-state index contributed by atoms with van der Waals surface area (Å²) in [4.78, 5) is 11.7. The highest BCUT2D eigenvalue weighted by molar-refractivity contribution is 5.80. The maximum Gasteiger partial charge on any atom is 0.220 e. The van der Waals surface area contributed by atoms with Crippen molar-refractivity contribution in [3.63, 3.8) is 0 Å². The quantitative estimate of drug-likeness (QED) is 0.893. The predicted molar refractivity (Wildman–Crippen MR) is 75.9 cm³/mol. The summed E-state index contributed by atoms with van der Waals surface area (Å²) in [6, 6.07) is 20.9. The number of hydrogen-bond acceptors (Lipinski definition) is 1. The number of carbonyl (C=O) groups excluding carboxylic acids is 1. The van der Waals surface area contributed by atoms with Crippen molar-refractivity contribution in [1.82, 2.24) is 5.32 Å². The van der Waals surface area contributed by atoms with Gasteiger partial charge in [0.2, 0.25) is 5.91 Å². The van der Waals surface area contributed by atoms with E-state index < -0.39 is 0 Å². The maximum atomic E-state index is 11.7. The van der Waals surface area contributed by atoms with Crippen molar-refractivity contribution < 1.29 is 4.79 Å². The Morgan fingerprint density at radius 2 is 1.58 bits per heavy atom. The molecule has 1 heterocycles. The largest absolute Gasteiger partial charge is 0.352 e. The van der Waals surface area contributed by atoms with Crippen LogP contribution in [0.3, 0.4) is 0 Å². The molecule has 96 valence electrons. The van der Waals surface area contributed by atoms with Gasteiger partial charge in [-0.15, -0.1) is 0 Å². The molecule has 0 bridgehead atoms. The van der Waals surface area contributed by atoms with Crippen molar-refractivity contribution >= 4 is 5.91 Å². The van der Waals surface area contributed by atoms with Gasteiger partial charge in [0.15, 0.2) is 0 Å². The normalized spacial score (nSPS) is 22.2. The summed E-state index contributed by atoms with van der Waals surface area (Å²) in [5, 5.41) is 3.11. The molecule has 19 heavy (non-hydrogen) atoms. The van der Waals surface area contributed by atoms with Gasteiger partial charge in [-0.25, -0.2) is 0 Å². The molecule has 3 rings (SSSR count). The maximum absolute atomic E-state index is 11.7. The van der Waals surface area contributed by atoms with Gasteiger partial charge in [-0.05, 0) is 17.5 Å². The summed E-state index contributed by atoms with van der Waals surface area (Å²) in [6.45, 7) is 0. The third-order valence-electron chi connectivity index (χ3n) is 3.76. The zero-order chi connectivity index (χ0) is 13.1. The van der Waals surface area contributed by atoms with Crippen LogP contribution in [0.15, 0.2) is 60.7 Å². The lowest BCUT2D eigenvalue weighted by Gasteiger charge is -2.19. The van der Waals surface area contributed by atoms with E-state index >= 15 is 0 Å². The van der Waals surface area contributed by atoms with Crippen LogP contribution < -0.4 is 5.32 Å². The molecular weight excluding hydrogens is 234 g/mol. The lowest BCUT2D eigenvalue weighted by atomic mass is 9.88. The van der Waals surface area contributed by atoms with Crippen LogP contribution in [0.5, 0.6) is 0 Å². The molecule has 1 saturated heterocycles. The molecule has 1 aliphatic heterocycles.